The molecule has 0 unspecified atom stereocenters. The molecular formula is C15H18N4O3S. The molecule has 1 aliphatic heterocycles. The van der Waals surface area contributed by atoms with Crippen molar-refractivity contribution in [2.24, 2.45) is 0 Å². The Morgan fingerprint density at radius 3 is 2.70 bits per heavy atom. The lowest BCUT2D eigenvalue weighted by molar-refractivity contribution is 0.0787. The van der Waals surface area contributed by atoms with Gasteiger partial charge in [0.05, 0.1) is 0 Å². The molecule has 7 nitrogen and oxygen atoms in total. The van der Waals surface area contributed by atoms with Gasteiger partial charge in [-0.15, -0.1) is 0 Å². The zero-order chi connectivity index (χ0) is 16.4. The molecule has 2 aromatic heterocycles. The molecule has 1 amide bonds. The molecule has 3 rings (SSSR count). The molecule has 2 aromatic rings. The molecule has 23 heavy (non-hydrogen) atoms. The highest BCUT2D eigenvalue weighted by atomic mass is 32.2. The molecule has 1 saturated heterocycles. The molecule has 0 aliphatic carbocycles. The molecule has 0 aromatic carbocycles. The molecule has 1 fully saturated rings. The minimum absolute atomic E-state index is 0.0161. The van der Waals surface area contributed by atoms with E-state index >= 15 is 0 Å². The first-order valence-corrected chi connectivity index (χ1v) is 8.87. The van der Waals surface area contributed by atoms with Gasteiger partial charge >= 0.3 is 0 Å². The number of rotatable bonds is 4. The lowest BCUT2D eigenvalue weighted by Crippen LogP contribution is -2.27. The number of aromatic nitrogens is 2. The number of aromatic amines is 1. The van der Waals surface area contributed by atoms with E-state index in [0.717, 1.165) is 18.4 Å². The Bertz CT molecular complexity index is 806. The molecule has 0 spiro atoms. The number of nitrogens with one attached hydrogen (secondary N) is 2. The molecular weight excluding hydrogens is 316 g/mol. The normalized spacial score (nSPS) is 14.9. The van der Waals surface area contributed by atoms with Crippen LogP contribution in [0.5, 0.6) is 0 Å². The largest absolute Gasteiger partial charge is 0.356 e. The lowest BCUT2D eigenvalue weighted by atomic mass is 10.3. The van der Waals surface area contributed by atoms with Crippen molar-refractivity contribution in [3.63, 3.8) is 0 Å². The van der Waals surface area contributed by atoms with Crippen molar-refractivity contribution in [3.05, 3.63) is 41.9 Å². The molecule has 0 saturated carbocycles. The van der Waals surface area contributed by atoms with Gasteiger partial charge in [-0.05, 0) is 37.5 Å². The summed E-state index contributed by atoms with van der Waals surface area (Å²) in [6.45, 7) is 3.30. The third-order valence-electron chi connectivity index (χ3n) is 3.74. The van der Waals surface area contributed by atoms with Crippen LogP contribution < -0.4 is 4.72 Å². The Morgan fingerprint density at radius 2 is 2.04 bits per heavy atom. The molecule has 0 radical (unpaired) electrons. The van der Waals surface area contributed by atoms with Gasteiger partial charge in [0, 0.05) is 25.5 Å². The van der Waals surface area contributed by atoms with Crippen LogP contribution in [0.2, 0.25) is 0 Å². The summed E-state index contributed by atoms with van der Waals surface area (Å²) in [6.07, 6.45) is 4.87. The van der Waals surface area contributed by atoms with E-state index in [1.165, 1.54) is 12.3 Å². The highest BCUT2D eigenvalue weighted by molar-refractivity contribution is 7.92. The SMILES string of the molecule is Cc1ccc(NS(=O)(=O)c2c[nH]c(C(=O)N3CCCC3)c2)nc1. The minimum atomic E-state index is -3.78. The van der Waals surface area contributed by atoms with Gasteiger partial charge in [-0.2, -0.15) is 0 Å². The number of carbonyl (C=O) groups excluding carboxylic acids is 1. The number of carbonyl (C=O) groups is 1. The van der Waals surface area contributed by atoms with Crippen LogP contribution in [-0.2, 0) is 10.0 Å². The van der Waals surface area contributed by atoms with Gasteiger partial charge < -0.3 is 9.88 Å². The van der Waals surface area contributed by atoms with E-state index in [4.69, 9.17) is 0 Å². The monoisotopic (exact) mass is 334 g/mol. The van der Waals surface area contributed by atoms with Crippen LogP contribution in [0.15, 0.2) is 35.5 Å². The summed E-state index contributed by atoms with van der Waals surface area (Å²) < 4.78 is 27.1. The van der Waals surface area contributed by atoms with Crippen LogP contribution in [0.1, 0.15) is 28.9 Å². The smallest absolute Gasteiger partial charge is 0.270 e. The van der Waals surface area contributed by atoms with Crippen molar-refractivity contribution in [2.75, 3.05) is 17.8 Å². The van der Waals surface area contributed by atoms with E-state index in [-0.39, 0.29) is 22.3 Å². The van der Waals surface area contributed by atoms with E-state index < -0.39 is 10.0 Å². The van der Waals surface area contributed by atoms with Crippen molar-refractivity contribution in [1.29, 1.82) is 0 Å². The Morgan fingerprint density at radius 1 is 1.30 bits per heavy atom. The zero-order valence-electron chi connectivity index (χ0n) is 12.7. The number of likely N-dealkylation sites (tertiary alicyclic amines) is 1. The van der Waals surface area contributed by atoms with Crippen LogP contribution in [0.25, 0.3) is 0 Å². The molecule has 122 valence electrons. The lowest BCUT2D eigenvalue weighted by Gasteiger charge is -2.13. The van der Waals surface area contributed by atoms with E-state index in [1.54, 1.807) is 23.2 Å². The molecule has 3 heterocycles. The fourth-order valence-electron chi connectivity index (χ4n) is 2.47. The third-order valence-corrected chi connectivity index (χ3v) is 5.07. The Kier molecular flexibility index (Phi) is 4.08. The van der Waals surface area contributed by atoms with Gasteiger partial charge in [-0.1, -0.05) is 6.07 Å². The fraction of sp³-hybridized carbons (Fsp3) is 0.333. The first kappa shape index (κ1) is 15.5. The maximum atomic E-state index is 12.3. The second-order valence-corrected chi connectivity index (χ2v) is 7.26. The average Bonchev–Trinajstić information content (AvgIpc) is 3.20. The predicted molar refractivity (Wildman–Crippen MR) is 85.7 cm³/mol. The maximum Gasteiger partial charge on any atom is 0.270 e. The van der Waals surface area contributed by atoms with Crippen molar-refractivity contribution in [2.45, 2.75) is 24.7 Å². The Hall–Kier alpha value is -2.35. The number of aryl methyl sites for hydroxylation is 1. The average molecular weight is 334 g/mol. The van der Waals surface area contributed by atoms with Crippen LogP contribution >= 0.6 is 0 Å². The Balaban J connectivity index is 1.78. The molecule has 1 aliphatic rings. The minimum Gasteiger partial charge on any atom is -0.356 e. The number of H-pyrrole nitrogens is 1. The van der Waals surface area contributed by atoms with Crippen LogP contribution in [0, 0.1) is 6.92 Å². The second-order valence-electron chi connectivity index (χ2n) is 5.57. The number of pyridine rings is 1. The number of hydrogen-bond donors (Lipinski definition) is 2. The van der Waals surface area contributed by atoms with Gasteiger partial charge in [0.25, 0.3) is 15.9 Å². The van der Waals surface area contributed by atoms with Crippen molar-refractivity contribution in [3.8, 4) is 0 Å². The van der Waals surface area contributed by atoms with Crippen LogP contribution in [0.4, 0.5) is 5.82 Å². The Labute approximate surface area is 134 Å². The summed E-state index contributed by atoms with van der Waals surface area (Å²) in [6, 6.07) is 4.72. The first-order chi connectivity index (χ1) is 11.0. The highest BCUT2D eigenvalue weighted by Crippen LogP contribution is 2.18. The van der Waals surface area contributed by atoms with E-state index in [9.17, 15) is 13.2 Å². The van der Waals surface area contributed by atoms with E-state index in [1.807, 2.05) is 6.92 Å². The maximum absolute atomic E-state index is 12.3. The number of amides is 1. The van der Waals surface area contributed by atoms with Gasteiger partial charge in [-0.3, -0.25) is 9.52 Å². The van der Waals surface area contributed by atoms with Crippen LogP contribution in [-0.4, -0.2) is 42.3 Å². The summed E-state index contributed by atoms with van der Waals surface area (Å²) in [5.41, 5.74) is 1.22. The molecule has 0 bridgehead atoms. The van der Waals surface area contributed by atoms with Gasteiger partial charge in [-0.25, -0.2) is 13.4 Å². The second kappa shape index (κ2) is 6.04. The standard InChI is InChI=1S/C15H18N4O3S/c1-11-4-5-14(17-9-11)18-23(21,22)12-8-13(16-10-12)15(20)19-6-2-3-7-19/h4-5,8-10,16H,2-3,6-7H2,1H3,(H,17,18). The van der Waals surface area contributed by atoms with Gasteiger partial charge in [0.2, 0.25) is 0 Å². The highest BCUT2D eigenvalue weighted by Gasteiger charge is 2.23. The zero-order valence-corrected chi connectivity index (χ0v) is 13.6. The number of nitrogens with zero attached hydrogens (tertiary/aromatic N) is 2. The quantitative estimate of drug-likeness (QED) is 0.890. The van der Waals surface area contributed by atoms with E-state index in [2.05, 4.69) is 14.7 Å². The molecule has 0 atom stereocenters. The summed E-state index contributed by atoms with van der Waals surface area (Å²) in [5.74, 6) is 0.0710. The van der Waals surface area contributed by atoms with Crippen molar-refractivity contribution >= 4 is 21.7 Å². The summed E-state index contributed by atoms with van der Waals surface area (Å²) in [4.78, 5) is 20.8. The predicted octanol–water partition coefficient (Wildman–Crippen LogP) is 1.75. The van der Waals surface area contributed by atoms with Crippen molar-refractivity contribution < 1.29 is 13.2 Å². The van der Waals surface area contributed by atoms with Crippen molar-refractivity contribution in [1.82, 2.24) is 14.9 Å². The topological polar surface area (TPSA) is 95.2 Å². The number of sulfonamides is 1. The molecule has 2 N–H and O–H groups in total. The van der Waals surface area contributed by atoms with Gasteiger partial charge in [0.1, 0.15) is 16.4 Å². The van der Waals surface area contributed by atoms with Crippen LogP contribution in [0.3, 0.4) is 0 Å². The summed E-state index contributed by atoms with van der Waals surface area (Å²) in [5, 5.41) is 0. The summed E-state index contributed by atoms with van der Waals surface area (Å²) in [7, 11) is -3.78. The van der Waals surface area contributed by atoms with Gasteiger partial charge in [0.15, 0.2) is 0 Å². The molecule has 8 heteroatoms. The summed E-state index contributed by atoms with van der Waals surface area (Å²) >= 11 is 0. The fourth-order valence-corrected chi connectivity index (χ4v) is 3.47. The third kappa shape index (κ3) is 3.37. The number of anilines is 1. The van der Waals surface area contributed by atoms with E-state index in [0.29, 0.717) is 13.1 Å². The number of hydrogen-bond acceptors (Lipinski definition) is 4. The first-order valence-electron chi connectivity index (χ1n) is 7.39.